The third-order valence-corrected chi connectivity index (χ3v) is 2.84. The van der Waals surface area contributed by atoms with Crippen LogP contribution >= 0.6 is 0 Å². The molecule has 1 saturated heterocycles. The zero-order valence-corrected chi connectivity index (χ0v) is 10.9. The highest BCUT2D eigenvalue weighted by atomic mass is 16.5. The molecule has 5 nitrogen and oxygen atoms in total. The molecular weight excluding hydrogens is 222 g/mol. The largest absolute Gasteiger partial charge is 0.389 e. The minimum atomic E-state index is -0.461. The lowest BCUT2D eigenvalue weighted by atomic mass is 10.1. The summed E-state index contributed by atoms with van der Waals surface area (Å²) in [6.45, 7) is 5.04. The molecule has 1 aliphatic heterocycles. The standard InChI is InChI=1S/C12H25NO4/c1-10(8-15-2)17-9-12(14)7-13-11-3-5-16-6-4-11/h10-14H,3-9H2,1-2H3. The molecule has 0 radical (unpaired) electrons. The van der Waals surface area contributed by atoms with Gasteiger partial charge in [-0.1, -0.05) is 0 Å². The Morgan fingerprint density at radius 1 is 1.35 bits per heavy atom. The van der Waals surface area contributed by atoms with Crippen LogP contribution in [-0.4, -0.2) is 63.4 Å². The molecule has 17 heavy (non-hydrogen) atoms. The summed E-state index contributed by atoms with van der Waals surface area (Å²) in [5, 5.41) is 13.1. The van der Waals surface area contributed by atoms with Crippen LogP contribution in [0.4, 0.5) is 0 Å². The Hall–Kier alpha value is -0.200. The number of nitrogens with one attached hydrogen (secondary N) is 1. The summed E-state index contributed by atoms with van der Waals surface area (Å²) in [6.07, 6.45) is 1.61. The molecular formula is C12H25NO4. The van der Waals surface area contributed by atoms with E-state index in [1.807, 2.05) is 6.92 Å². The third-order valence-electron chi connectivity index (χ3n) is 2.84. The van der Waals surface area contributed by atoms with E-state index in [4.69, 9.17) is 14.2 Å². The SMILES string of the molecule is COCC(C)OCC(O)CNC1CCOCC1. The molecule has 2 N–H and O–H groups in total. The Morgan fingerprint density at radius 2 is 2.06 bits per heavy atom. The maximum Gasteiger partial charge on any atom is 0.0897 e. The van der Waals surface area contributed by atoms with Crippen LogP contribution in [0.2, 0.25) is 0 Å². The van der Waals surface area contributed by atoms with Gasteiger partial charge in [0.25, 0.3) is 0 Å². The summed E-state index contributed by atoms with van der Waals surface area (Å²) in [6, 6.07) is 0.467. The van der Waals surface area contributed by atoms with Crippen molar-refractivity contribution in [2.24, 2.45) is 0 Å². The van der Waals surface area contributed by atoms with Gasteiger partial charge in [0.15, 0.2) is 0 Å². The van der Waals surface area contributed by atoms with Crippen LogP contribution < -0.4 is 5.32 Å². The van der Waals surface area contributed by atoms with E-state index >= 15 is 0 Å². The van der Waals surface area contributed by atoms with Gasteiger partial charge in [-0.25, -0.2) is 0 Å². The number of aliphatic hydroxyl groups excluding tert-OH is 1. The topological polar surface area (TPSA) is 60.0 Å². The predicted octanol–water partition coefficient (Wildman–Crippen LogP) is 0.167. The second-order valence-corrected chi connectivity index (χ2v) is 4.55. The molecule has 0 aliphatic carbocycles. The van der Waals surface area contributed by atoms with Gasteiger partial charge < -0.3 is 24.6 Å². The van der Waals surface area contributed by atoms with Gasteiger partial charge in [0.2, 0.25) is 0 Å². The average molecular weight is 247 g/mol. The molecule has 0 aromatic heterocycles. The van der Waals surface area contributed by atoms with Crippen LogP contribution in [0.5, 0.6) is 0 Å². The number of methoxy groups -OCH3 is 1. The Morgan fingerprint density at radius 3 is 2.71 bits per heavy atom. The lowest BCUT2D eigenvalue weighted by Crippen LogP contribution is -2.41. The lowest BCUT2D eigenvalue weighted by Gasteiger charge is -2.24. The Bertz CT molecular complexity index is 185. The van der Waals surface area contributed by atoms with Crippen molar-refractivity contribution in [2.75, 3.05) is 40.1 Å². The average Bonchev–Trinajstić information content (AvgIpc) is 2.35. The van der Waals surface area contributed by atoms with E-state index in [0.29, 0.717) is 25.8 Å². The van der Waals surface area contributed by atoms with Crippen LogP contribution in [0.15, 0.2) is 0 Å². The first kappa shape index (κ1) is 14.9. The molecule has 2 unspecified atom stereocenters. The van der Waals surface area contributed by atoms with Crippen LogP contribution in [-0.2, 0) is 14.2 Å². The van der Waals surface area contributed by atoms with E-state index in [9.17, 15) is 5.11 Å². The van der Waals surface area contributed by atoms with Gasteiger partial charge in [-0.15, -0.1) is 0 Å². The number of hydrogen-bond donors (Lipinski definition) is 2. The van der Waals surface area contributed by atoms with Crippen molar-refractivity contribution >= 4 is 0 Å². The van der Waals surface area contributed by atoms with Gasteiger partial charge in [0.05, 0.1) is 25.4 Å². The fourth-order valence-electron chi connectivity index (χ4n) is 1.82. The molecule has 102 valence electrons. The van der Waals surface area contributed by atoms with E-state index in [1.54, 1.807) is 7.11 Å². The summed E-state index contributed by atoms with van der Waals surface area (Å²) in [4.78, 5) is 0. The normalized spacial score (nSPS) is 21.4. The van der Waals surface area contributed by atoms with Crippen molar-refractivity contribution in [1.82, 2.24) is 5.32 Å². The van der Waals surface area contributed by atoms with Gasteiger partial charge in [0.1, 0.15) is 0 Å². The highest BCUT2D eigenvalue weighted by molar-refractivity contribution is 4.72. The van der Waals surface area contributed by atoms with Gasteiger partial charge >= 0.3 is 0 Å². The zero-order chi connectivity index (χ0) is 12.5. The molecule has 0 aromatic rings. The second-order valence-electron chi connectivity index (χ2n) is 4.55. The van der Waals surface area contributed by atoms with Gasteiger partial charge in [-0.05, 0) is 19.8 Å². The molecule has 2 atom stereocenters. The van der Waals surface area contributed by atoms with E-state index < -0.39 is 6.10 Å². The maximum absolute atomic E-state index is 9.74. The maximum atomic E-state index is 9.74. The second kappa shape index (κ2) is 8.83. The molecule has 5 heteroatoms. The molecule has 0 amide bonds. The number of hydrogen-bond acceptors (Lipinski definition) is 5. The number of ether oxygens (including phenoxy) is 3. The molecule has 0 saturated carbocycles. The molecule has 0 aromatic carbocycles. The number of rotatable bonds is 8. The summed E-state index contributed by atoms with van der Waals surface area (Å²) in [7, 11) is 1.64. The monoisotopic (exact) mass is 247 g/mol. The van der Waals surface area contributed by atoms with Crippen LogP contribution in [0.1, 0.15) is 19.8 Å². The van der Waals surface area contributed by atoms with Crippen LogP contribution in [0, 0.1) is 0 Å². The van der Waals surface area contributed by atoms with Crippen molar-refractivity contribution in [3.05, 3.63) is 0 Å². The van der Waals surface area contributed by atoms with Crippen molar-refractivity contribution < 1.29 is 19.3 Å². The Balaban J connectivity index is 2.01. The highest BCUT2D eigenvalue weighted by Crippen LogP contribution is 2.06. The molecule has 1 rings (SSSR count). The number of aliphatic hydroxyl groups is 1. The van der Waals surface area contributed by atoms with Crippen molar-refractivity contribution in [3.63, 3.8) is 0 Å². The summed E-state index contributed by atoms with van der Waals surface area (Å²) < 4.78 is 15.7. The molecule has 1 aliphatic rings. The Kier molecular flexibility index (Phi) is 7.72. The van der Waals surface area contributed by atoms with Gasteiger partial charge in [-0.3, -0.25) is 0 Å². The van der Waals surface area contributed by atoms with Gasteiger partial charge in [-0.2, -0.15) is 0 Å². The fourth-order valence-corrected chi connectivity index (χ4v) is 1.82. The molecule has 1 heterocycles. The third kappa shape index (κ3) is 6.95. The van der Waals surface area contributed by atoms with E-state index in [-0.39, 0.29) is 6.10 Å². The van der Waals surface area contributed by atoms with Gasteiger partial charge in [0, 0.05) is 32.9 Å². The molecule has 0 bridgehead atoms. The lowest BCUT2D eigenvalue weighted by molar-refractivity contribution is -0.0325. The molecule has 1 fully saturated rings. The summed E-state index contributed by atoms with van der Waals surface area (Å²) >= 11 is 0. The van der Waals surface area contributed by atoms with E-state index in [0.717, 1.165) is 26.1 Å². The van der Waals surface area contributed by atoms with Crippen molar-refractivity contribution in [2.45, 2.75) is 38.0 Å². The Labute approximate surface area is 103 Å². The highest BCUT2D eigenvalue weighted by Gasteiger charge is 2.15. The quantitative estimate of drug-likeness (QED) is 0.640. The summed E-state index contributed by atoms with van der Waals surface area (Å²) in [5.74, 6) is 0. The first-order chi connectivity index (χ1) is 8.22. The predicted molar refractivity (Wildman–Crippen MR) is 65.1 cm³/mol. The van der Waals surface area contributed by atoms with Crippen LogP contribution in [0.25, 0.3) is 0 Å². The first-order valence-electron chi connectivity index (χ1n) is 6.32. The van der Waals surface area contributed by atoms with E-state index in [2.05, 4.69) is 5.32 Å². The minimum Gasteiger partial charge on any atom is -0.389 e. The van der Waals surface area contributed by atoms with E-state index in [1.165, 1.54) is 0 Å². The fraction of sp³-hybridized carbons (Fsp3) is 1.00. The van der Waals surface area contributed by atoms with Crippen molar-refractivity contribution in [3.8, 4) is 0 Å². The van der Waals surface area contributed by atoms with Crippen molar-refractivity contribution in [1.29, 1.82) is 0 Å². The molecule has 0 spiro atoms. The summed E-state index contributed by atoms with van der Waals surface area (Å²) in [5.41, 5.74) is 0. The minimum absolute atomic E-state index is 0.0257. The smallest absolute Gasteiger partial charge is 0.0897 e. The van der Waals surface area contributed by atoms with Crippen LogP contribution in [0.3, 0.4) is 0 Å². The first-order valence-corrected chi connectivity index (χ1v) is 6.32. The zero-order valence-electron chi connectivity index (χ0n) is 10.9.